The van der Waals surface area contributed by atoms with E-state index in [4.69, 9.17) is 16.3 Å². The molecule has 12 heteroatoms. The Kier molecular flexibility index (Phi) is 5.77. The lowest BCUT2D eigenvalue weighted by Gasteiger charge is -2.13. The van der Waals surface area contributed by atoms with E-state index in [1.165, 1.54) is 29.9 Å². The highest BCUT2D eigenvalue weighted by Crippen LogP contribution is 2.36. The minimum absolute atomic E-state index is 0.0360. The smallest absolute Gasteiger partial charge is 0.263 e. The minimum atomic E-state index is -3.94. The minimum Gasteiger partial charge on any atom is -0.455 e. The predicted octanol–water partition coefficient (Wildman–Crippen LogP) is 4.11. The van der Waals surface area contributed by atoms with E-state index in [0.717, 1.165) is 11.3 Å². The van der Waals surface area contributed by atoms with Gasteiger partial charge in [-0.3, -0.25) is 4.72 Å². The van der Waals surface area contributed by atoms with Crippen LogP contribution in [0.5, 0.6) is 11.5 Å². The summed E-state index contributed by atoms with van der Waals surface area (Å²) < 4.78 is 33.4. The summed E-state index contributed by atoms with van der Waals surface area (Å²) in [7, 11) is -3.94. The molecule has 0 saturated heterocycles. The number of hydrogen-bond acceptors (Lipinski definition) is 9. The van der Waals surface area contributed by atoms with Gasteiger partial charge in [0.25, 0.3) is 10.0 Å². The Hall–Kier alpha value is -3.59. The van der Waals surface area contributed by atoms with Crippen molar-refractivity contribution in [3.63, 3.8) is 0 Å². The fraction of sp³-hybridized carbons (Fsp3) is 0. The van der Waals surface area contributed by atoms with Crippen LogP contribution in [0.1, 0.15) is 5.56 Å². The maximum absolute atomic E-state index is 12.6. The Morgan fingerprint density at radius 1 is 1.06 bits per heavy atom. The van der Waals surface area contributed by atoms with Gasteiger partial charge in [0.2, 0.25) is 5.13 Å². The number of sulfonamides is 1. The number of nitriles is 1. The Morgan fingerprint density at radius 3 is 2.61 bits per heavy atom. The maximum Gasteiger partial charge on any atom is 0.263 e. The van der Waals surface area contributed by atoms with Crippen LogP contribution in [0.3, 0.4) is 0 Å². The Balaban J connectivity index is 1.69. The zero-order chi connectivity index (χ0) is 21.8. The quantitative estimate of drug-likeness (QED) is 0.445. The van der Waals surface area contributed by atoms with E-state index >= 15 is 0 Å². The first-order valence-corrected chi connectivity index (χ1v) is 11.3. The Morgan fingerprint density at radius 2 is 1.90 bits per heavy atom. The standard InChI is InChI=1S/C19H11ClN6O3S2/c20-14-1-3-18(16(8-14)12-5-6-22-23-10-12)29-17-4-2-15(7-13(17)9-21)31(27,28)26-19-25-24-11-30-19/h1-8,10-11H,(H,25,26). The molecular formula is C19H11ClN6O3S2. The molecule has 9 nitrogen and oxygen atoms in total. The molecule has 2 aromatic carbocycles. The van der Waals surface area contributed by atoms with E-state index in [9.17, 15) is 13.7 Å². The van der Waals surface area contributed by atoms with Crippen molar-refractivity contribution in [2.75, 3.05) is 4.72 Å². The van der Waals surface area contributed by atoms with Crippen LogP contribution < -0.4 is 9.46 Å². The molecule has 2 aromatic heterocycles. The third kappa shape index (κ3) is 4.61. The van der Waals surface area contributed by atoms with Gasteiger partial charge in [-0.2, -0.15) is 15.5 Å². The van der Waals surface area contributed by atoms with E-state index in [0.29, 0.717) is 21.9 Å². The van der Waals surface area contributed by atoms with Crippen molar-refractivity contribution < 1.29 is 13.2 Å². The van der Waals surface area contributed by atoms with Crippen molar-refractivity contribution in [1.29, 1.82) is 5.26 Å². The van der Waals surface area contributed by atoms with Crippen LogP contribution in [0.2, 0.25) is 5.02 Å². The summed E-state index contributed by atoms with van der Waals surface area (Å²) >= 11 is 7.17. The molecule has 0 saturated carbocycles. The van der Waals surface area contributed by atoms with E-state index < -0.39 is 10.0 Å². The van der Waals surface area contributed by atoms with E-state index in [-0.39, 0.29) is 21.3 Å². The first kappa shape index (κ1) is 20.7. The van der Waals surface area contributed by atoms with Gasteiger partial charge in [0.1, 0.15) is 23.1 Å². The molecule has 0 fully saturated rings. The van der Waals surface area contributed by atoms with Crippen molar-refractivity contribution >= 4 is 38.1 Å². The number of hydrogen-bond donors (Lipinski definition) is 1. The average molecular weight is 471 g/mol. The molecular weight excluding hydrogens is 460 g/mol. The van der Waals surface area contributed by atoms with Gasteiger partial charge in [-0.15, -0.1) is 10.2 Å². The van der Waals surface area contributed by atoms with Crippen LogP contribution in [0.15, 0.2) is 65.3 Å². The number of nitrogens with zero attached hydrogens (tertiary/aromatic N) is 5. The number of aromatic nitrogens is 4. The normalized spacial score (nSPS) is 11.0. The van der Waals surface area contributed by atoms with Gasteiger partial charge in [-0.1, -0.05) is 22.9 Å². The summed E-state index contributed by atoms with van der Waals surface area (Å²) in [5, 5.41) is 25.0. The first-order chi connectivity index (χ1) is 15.0. The number of nitrogens with one attached hydrogen (secondary N) is 1. The number of benzene rings is 2. The Labute approximate surface area is 186 Å². The summed E-state index contributed by atoms with van der Waals surface area (Å²) in [5.41, 5.74) is 2.79. The first-order valence-electron chi connectivity index (χ1n) is 8.54. The van der Waals surface area contributed by atoms with Gasteiger partial charge in [-0.05, 0) is 42.5 Å². The highest BCUT2D eigenvalue weighted by Gasteiger charge is 2.19. The topological polar surface area (TPSA) is 131 Å². The van der Waals surface area contributed by atoms with Crippen molar-refractivity contribution in [3.8, 4) is 28.7 Å². The van der Waals surface area contributed by atoms with Crippen LogP contribution in [0.25, 0.3) is 11.1 Å². The van der Waals surface area contributed by atoms with Gasteiger partial charge < -0.3 is 4.74 Å². The predicted molar refractivity (Wildman–Crippen MR) is 114 cm³/mol. The second-order valence-electron chi connectivity index (χ2n) is 5.99. The number of halogens is 1. The lowest BCUT2D eigenvalue weighted by atomic mass is 10.1. The molecule has 154 valence electrons. The van der Waals surface area contributed by atoms with Crippen molar-refractivity contribution in [2.45, 2.75) is 4.90 Å². The summed E-state index contributed by atoms with van der Waals surface area (Å²) in [5.74, 6) is 0.597. The van der Waals surface area contributed by atoms with Gasteiger partial charge in [0.15, 0.2) is 0 Å². The van der Waals surface area contributed by atoms with Crippen LogP contribution in [0, 0.1) is 11.3 Å². The van der Waals surface area contributed by atoms with Crippen LogP contribution in [-0.2, 0) is 10.0 Å². The van der Waals surface area contributed by atoms with Crippen LogP contribution in [-0.4, -0.2) is 28.8 Å². The van der Waals surface area contributed by atoms with Gasteiger partial charge in [0.05, 0.1) is 22.9 Å². The largest absolute Gasteiger partial charge is 0.455 e. The van der Waals surface area contributed by atoms with Gasteiger partial charge >= 0.3 is 0 Å². The second kappa shape index (κ2) is 8.65. The summed E-state index contributed by atoms with van der Waals surface area (Å²) in [4.78, 5) is -0.110. The van der Waals surface area contributed by atoms with Crippen LogP contribution >= 0.6 is 22.9 Å². The van der Waals surface area contributed by atoms with Crippen LogP contribution in [0.4, 0.5) is 5.13 Å². The summed E-state index contributed by atoms with van der Waals surface area (Å²) in [6.45, 7) is 0. The fourth-order valence-corrected chi connectivity index (χ4v) is 4.52. The molecule has 0 atom stereocenters. The van der Waals surface area contributed by atoms with E-state index in [2.05, 4.69) is 25.1 Å². The molecule has 1 N–H and O–H groups in total. The molecule has 4 rings (SSSR count). The summed E-state index contributed by atoms with van der Waals surface area (Å²) in [6.07, 6.45) is 3.09. The van der Waals surface area contributed by atoms with Crippen molar-refractivity contribution in [1.82, 2.24) is 20.4 Å². The molecule has 0 radical (unpaired) electrons. The number of rotatable bonds is 6. The highest BCUT2D eigenvalue weighted by molar-refractivity contribution is 7.93. The summed E-state index contributed by atoms with van der Waals surface area (Å²) in [6, 6.07) is 12.7. The Bertz CT molecular complexity index is 1370. The fourth-order valence-electron chi connectivity index (χ4n) is 2.63. The molecule has 0 bridgehead atoms. The maximum atomic E-state index is 12.6. The third-order valence-electron chi connectivity index (χ3n) is 4.02. The molecule has 0 aliphatic heterocycles. The molecule has 0 aliphatic carbocycles. The number of anilines is 1. The molecule has 31 heavy (non-hydrogen) atoms. The lowest BCUT2D eigenvalue weighted by molar-refractivity contribution is 0.482. The van der Waals surface area contributed by atoms with Gasteiger partial charge in [-0.25, -0.2) is 8.42 Å². The third-order valence-corrected chi connectivity index (χ3v) is 6.33. The van der Waals surface area contributed by atoms with Crippen molar-refractivity contribution in [2.24, 2.45) is 0 Å². The molecule has 0 spiro atoms. The number of ether oxygens (including phenoxy) is 1. The molecule has 2 heterocycles. The van der Waals surface area contributed by atoms with E-state index in [1.807, 2.05) is 6.07 Å². The zero-order valence-electron chi connectivity index (χ0n) is 15.4. The van der Waals surface area contributed by atoms with Gasteiger partial charge in [0, 0.05) is 16.1 Å². The molecule has 0 aliphatic rings. The van der Waals surface area contributed by atoms with E-state index in [1.54, 1.807) is 30.5 Å². The SMILES string of the molecule is N#Cc1cc(S(=O)(=O)Nc2nncs2)ccc1Oc1ccc(Cl)cc1-c1ccnnc1. The molecule has 0 amide bonds. The highest BCUT2D eigenvalue weighted by atomic mass is 35.5. The molecule has 4 aromatic rings. The monoisotopic (exact) mass is 470 g/mol. The molecule has 0 unspecified atom stereocenters. The van der Waals surface area contributed by atoms with Crippen molar-refractivity contribution in [3.05, 3.63) is 71.0 Å². The lowest BCUT2D eigenvalue weighted by Crippen LogP contribution is -2.13. The second-order valence-corrected chi connectivity index (χ2v) is 8.94. The average Bonchev–Trinajstić information content (AvgIpc) is 3.28. The zero-order valence-corrected chi connectivity index (χ0v) is 17.8.